The zero-order chi connectivity index (χ0) is 15.3. The summed E-state index contributed by atoms with van der Waals surface area (Å²) in [6.07, 6.45) is -2.06. The van der Waals surface area contributed by atoms with E-state index in [0.29, 0.717) is 0 Å². The molecular weight excluding hydrogens is 270 g/mol. The molecular formula is C12H13NO7. The van der Waals surface area contributed by atoms with Crippen LogP contribution in [0.15, 0.2) is 18.2 Å². The van der Waals surface area contributed by atoms with Crippen molar-refractivity contribution < 1.29 is 29.5 Å². The van der Waals surface area contributed by atoms with Crippen molar-refractivity contribution in [3.63, 3.8) is 0 Å². The van der Waals surface area contributed by atoms with E-state index in [4.69, 9.17) is 5.11 Å². The predicted octanol–water partition coefficient (Wildman–Crippen LogP) is 0.818. The highest BCUT2D eigenvalue weighted by Crippen LogP contribution is 2.29. The van der Waals surface area contributed by atoms with Gasteiger partial charge in [-0.25, -0.2) is 4.79 Å². The maximum Gasteiger partial charge on any atom is 0.337 e. The molecule has 0 saturated heterocycles. The van der Waals surface area contributed by atoms with Crippen LogP contribution in [0.3, 0.4) is 0 Å². The van der Waals surface area contributed by atoms with Crippen LogP contribution in [-0.2, 0) is 20.7 Å². The van der Waals surface area contributed by atoms with Crippen molar-refractivity contribution in [2.75, 3.05) is 7.11 Å². The zero-order valence-corrected chi connectivity index (χ0v) is 10.6. The summed E-state index contributed by atoms with van der Waals surface area (Å²) >= 11 is 0. The molecule has 0 aromatic heterocycles. The highest BCUT2D eigenvalue weighted by Gasteiger charge is 2.28. The molecule has 20 heavy (non-hydrogen) atoms. The Hall–Kier alpha value is -2.48. The molecule has 0 aliphatic heterocycles. The van der Waals surface area contributed by atoms with Gasteiger partial charge in [0.15, 0.2) is 6.10 Å². The number of hydrogen-bond acceptors (Lipinski definition) is 6. The van der Waals surface area contributed by atoms with Gasteiger partial charge in [0.2, 0.25) is 0 Å². The Balaban J connectivity index is 3.22. The lowest BCUT2D eigenvalue weighted by atomic mass is 9.96. The maximum atomic E-state index is 11.1. The van der Waals surface area contributed by atoms with Crippen molar-refractivity contribution >= 4 is 17.6 Å². The lowest BCUT2D eigenvalue weighted by Gasteiger charge is -2.12. The fraction of sp³-hybridized carbons (Fsp3) is 0.333. The quantitative estimate of drug-likeness (QED) is 0.449. The monoisotopic (exact) mass is 283 g/mol. The van der Waals surface area contributed by atoms with Gasteiger partial charge in [-0.1, -0.05) is 12.1 Å². The van der Waals surface area contributed by atoms with Crippen molar-refractivity contribution in [2.45, 2.75) is 18.9 Å². The van der Waals surface area contributed by atoms with Crippen molar-refractivity contribution in [3.05, 3.63) is 39.4 Å². The second-order valence-corrected chi connectivity index (χ2v) is 3.92. The summed E-state index contributed by atoms with van der Waals surface area (Å²) in [5.74, 6) is -2.13. The Morgan fingerprint density at radius 1 is 1.45 bits per heavy atom. The van der Waals surface area contributed by atoms with Crippen molar-refractivity contribution in [3.8, 4) is 0 Å². The molecule has 1 aromatic carbocycles. The number of aliphatic hydroxyl groups is 1. The van der Waals surface area contributed by atoms with E-state index in [1.807, 2.05) is 0 Å². The number of rotatable bonds is 6. The molecule has 0 bridgehead atoms. The molecule has 0 spiro atoms. The molecule has 0 aliphatic rings. The van der Waals surface area contributed by atoms with E-state index in [2.05, 4.69) is 4.74 Å². The van der Waals surface area contributed by atoms with E-state index in [9.17, 15) is 24.8 Å². The van der Waals surface area contributed by atoms with Gasteiger partial charge in [-0.2, -0.15) is 0 Å². The van der Waals surface area contributed by atoms with E-state index < -0.39 is 28.7 Å². The van der Waals surface area contributed by atoms with Crippen molar-refractivity contribution in [1.82, 2.24) is 0 Å². The second kappa shape index (κ2) is 6.62. The standard InChI is InChI=1S/C12H13NO7/c1-20-9(14)6-5-7-3-2-4-8(13(18)19)10(7)11(15)12(16)17/h2-4,11,15H,5-6H2,1H3,(H,16,17). The first-order valence-electron chi connectivity index (χ1n) is 5.62. The molecule has 0 fully saturated rings. The third kappa shape index (κ3) is 3.51. The molecule has 2 N–H and O–H groups in total. The Labute approximate surface area is 113 Å². The molecule has 1 atom stereocenters. The van der Waals surface area contributed by atoms with Crippen LogP contribution in [-0.4, -0.2) is 34.2 Å². The minimum absolute atomic E-state index is 0.0357. The molecule has 8 heteroatoms. The molecule has 0 saturated carbocycles. The van der Waals surface area contributed by atoms with Crippen LogP contribution in [0, 0.1) is 10.1 Å². The summed E-state index contributed by atoms with van der Waals surface area (Å²) < 4.78 is 4.45. The number of aryl methyl sites for hydroxylation is 1. The van der Waals surface area contributed by atoms with E-state index in [0.717, 1.165) is 6.07 Å². The van der Waals surface area contributed by atoms with E-state index in [1.54, 1.807) is 0 Å². The number of ether oxygens (including phenoxy) is 1. The van der Waals surface area contributed by atoms with Crippen LogP contribution in [0.2, 0.25) is 0 Å². The largest absolute Gasteiger partial charge is 0.479 e. The normalized spacial score (nSPS) is 11.7. The van der Waals surface area contributed by atoms with Crippen LogP contribution in [0.25, 0.3) is 0 Å². The zero-order valence-electron chi connectivity index (χ0n) is 10.6. The Bertz CT molecular complexity index is 541. The number of aliphatic carboxylic acids is 1. The topological polar surface area (TPSA) is 127 Å². The van der Waals surface area contributed by atoms with Crippen LogP contribution < -0.4 is 0 Å². The number of esters is 1. The van der Waals surface area contributed by atoms with Crippen LogP contribution in [0.5, 0.6) is 0 Å². The average Bonchev–Trinajstić information content (AvgIpc) is 2.43. The number of carbonyl (C=O) groups is 2. The number of benzene rings is 1. The summed E-state index contributed by atoms with van der Waals surface area (Å²) in [7, 11) is 1.20. The molecule has 1 unspecified atom stereocenters. The predicted molar refractivity (Wildman–Crippen MR) is 66.0 cm³/mol. The summed E-state index contributed by atoms with van der Waals surface area (Å²) in [6, 6.07) is 3.89. The molecule has 8 nitrogen and oxygen atoms in total. The Morgan fingerprint density at radius 3 is 2.60 bits per heavy atom. The Morgan fingerprint density at radius 2 is 2.10 bits per heavy atom. The van der Waals surface area contributed by atoms with Crippen molar-refractivity contribution in [2.24, 2.45) is 0 Å². The van der Waals surface area contributed by atoms with Gasteiger partial charge in [0, 0.05) is 12.5 Å². The lowest BCUT2D eigenvalue weighted by molar-refractivity contribution is -0.386. The fourth-order valence-corrected chi connectivity index (χ4v) is 1.75. The smallest absolute Gasteiger partial charge is 0.337 e. The number of nitrogens with zero attached hydrogens (tertiary/aromatic N) is 1. The van der Waals surface area contributed by atoms with Crippen LogP contribution in [0.4, 0.5) is 5.69 Å². The maximum absolute atomic E-state index is 11.1. The first-order chi connectivity index (χ1) is 9.38. The van der Waals surface area contributed by atoms with Gasteiger partial charge in [-0.05, 0) is 12.0 Å². The molecule has 0 heterocycles. The summed E-state index contributed by atoms with van der Waals surface area (Å²) in [5.41, 5.74) is -0.587. The lowest BCUT2D eigenvalue weighted by Crippen LogP contribution is -2.15. The van der Waals surface area contributed by atoms with E-state index in [1.165, 1.54) is 19.2 Å². The Kier molecular flexibility index (Phi) is 5.15. The average molecular weight is 283 g/mol. The first-order valence-corrected chi connectivity index (χ1v) is 5.62. The summed E-state index contributed by atoms with van der Waals surface area (Å²) in [4.78, 5) is 32.1. The number of nitro groups is 1. The number of methoxy groups -OCH3 is 1. The third-order valence-electron chi connectivity index (χ3n) is 2.70. The minimum atomic E-state index is -2.02. The number of carboxylic acid groups (broad SMARTS) is 1. The van der Waals surface area contributed by atoms with Gasteiger partial charge in [0.1, 0.15) is 0 Å². The summed E-state index contributed by atoms with van der Waals surface area (Å²) in [6.45, 7) is 0. The van der Waals surface area contributed by atoms with Crippen LogP contribution in [0.1, 0.15) is 23.7 Å². The molecule has 1 aromatic rings. The first kappa shape index (κ1) is 15.6. The summed E-state index contributed by atoms with van der Waals surface area (Å²) in [5, 5.41) is 29.3. The number of aliphatic hydroxyl groups excluding tert-OH is 1. The van der Waals surface area contributed by atoms with Gasteiger partial charge >= 0.3 is 11.9 Å². The van der Waals surface area contributed by atoms with E-state index in [-0.39, 0.29) is 24.0 Å². The molecule has 0 radical (unpaired) electrons. The van der Waals surface area contributed by atoms with Gasteiger partial charge in [0.25, 0.3) is 5.69 Å². The van der Waals surface area contributed by atoms with Gasteiger partial charge in [-0.3, -0.25) is 14.9 Å². The number of hydrogen-bond donors (Lipinski definition) is 2. The molecule has 0 amide bonds. The molecule has 1 rings (SSSR count). The molecule has 108 valence electrons. The minimum Gasteiger partial charge on any atom is -0.479 e. The highest BCUT2D eigenvalue weighted by molar-refractivity contribution is 5.77. The van der Waals surface area contributed by atoms with Crippen LogP contribution >= 0.6 is 0 Å². The molecule has 0 aliphatic carbocycles. The fourth-order valence-electron chi connectivity index (χ4n) is 1.75. The van der Waals surface area contributed by atoms with Gasteiger partial charge in [-0.15, -0.1) is 0 Å². The second-order valence-electron chi connectivity index (χ2n) is 3.92. The van der Waals surface area contributed by atoms with Gasteiger partial charge in [0.05, 0.1) is 17.6 Å². The number of carbonyl (C=O) groups excluding carboxylic acids is 1. The number of nitro benzene ring substituents is 1. The number of carboxylic acids is 1. The third-order valence-corrected chi connectivity index (χ3v) is 2.70. The highest BCUT2D eigenvalue weighted by atomic mass is 16.6. The van der Waals surface area contributed by atoms with Crippen molar-refractivity contribution in [1.29, 1.82) is 0 Å². The SMILES string of the molecule is COC(=O)CCc1cccc([N+](=O)[O-])c1C(O)C(=O)O. The van der Waals surface area contributed by atoms with Gasteiger partial charge < -0.3 is 14.9 Å². The van der Waals surface area contributed by atoms with E-state index >= 15 is 0 Å².